The Bertz CT molecular complexity index is 542. The summed E-state index contributed by atoms with van der Waals surface area (Å²) in [7, 11) is 0. The summed E-state index contributed by atoms with van der Waals surface area (Å²) in [5.74, 6) is 7.74. The summed E-state index contributed by atoms with van der Waals surface area (Å²) in [6, 6.07) is 9.93. The first-order valence-corrected chi connectivity index (χ1v) is 5.93. The Kier molecular flexibility index (Phi) is 4.16. The lowest BCUT2D eigenvalue weighted by Gasteiger charge is -1.94. The summed E-state index contributed by atoms with van der Waals surface area (Å²) >= 11 is 0. The Morgan fingerprint density at radius 2 is 2.00 bits per heavy atom. The second kappa shape index (κ2) is 6.04. The van der Waals surface area contributed by atoms with Gasteiger partial charge in [-0.2, -0.15) is 0 Å². The average Bonchev–Trinajstić information content (AvgIpc) is 2.70. The largest absolute Gasteiger partial charge is 0.444 e. The third-order valence-electron chi connectivity index (χ3n) is 2.57. The molecule has 3 heteroatoms. The van der Waals surface area contributed by atoms with E-state index in [1.54, 1.807) is 0 Å². The normalized spacial score (nSPS) is 9.89. The van der Waals surface area contributed by atoms with Crippen molar-refractivity contribution in [3.05, 3.63) is 53.2 Å². The number of aromatic nitrogens is 1. The van der Waals surface area contributed by atoms with Gasteiger partial charge in [0.05, 0.1) is 18.8 Å². The van der Waals surface area contributed by atoms with E-state index in [1.165, 1.54) is 0 Å². The molecule has 0 spiro atoms. The van der Waals surface area contributed by atoms with Crippen molar-refractivity contribution in [2.75, 3.05) is 6.54 Å². The first kappa shape index (κ1) is 12.4. The van der Waals surface area contributed by atoms with Crippen LogP contribution in [0.15, 0.2) is 34.7 Å². The smallest absolute Gasteiger partial charge is 0.208 e. The highest BCUT2D eigenvalue weighted by Gasteiger charge is 2.03. The molecule has 92 valence electrons. The van der Waals surface area contributed by atoms with Gasteiger partial charge in [0.25, 0.3) is 0 Å². The van der Waals surface area contributed by atoms with E-state index in [-0.39, 0.29) is 0 Å². The highest BCUT2D eigenvalue weighted by molar-refractivity contribution is 5.33. The van der Waals surface area contributed by atoms with E-state index >= 15 is 0 Å². The second-order valence-electron chi connectivity index (χ2n) is 4.02. The summed E-state index contributed by atoms with van der Waals surface area (Å²) in [5.41, 5.74) is 1.98. The third kappa shape index (κ3) is 3.47. The lowest BCUT2D eigenvalue weighted by atomic mass is 10.2. The summed E-state index contributed by atoms with van der Waals surface area (Å²) < 4.78 is 5.46. The number of hydrogen-bond acceptors (Lipinski definition) is 3. The fourth-order valence-corrected chi connectivity index (χ4v) is 1.51. The third-order valence-corrected chi connectivity index (χ3v) is 2.57. The van der Waals surface area contributed by atoms with Crippen LogP contribution in [0.1, 0.15) is 22.9 Å². The van der Waals surface area contributed by atoms with Gasteiger partial charge in [-0.25, -0.2) is 4.98 Å². The predicted octanol–water partition coefficient (Wildman–Crippen LogP) is 2.43. The molecule has 0 bridgehead atoms. The van der Waals surface area contributed by atoms with E-state index < -0.39 is 0 Å². The Morgan fingerprint density at radius 1 is 1.22 bits per heavy atom. The van der Waals surface area contributed by atoms with E-state index in [9.17, 15) is 0 Å². The monoisotopic (exact) mass is 240 g/mol. The molecule has 0 fully saturated rings. The van der Waals surface area contributed by atoms with Crippen molar-refractivity contribution >= 4 is 0 Å². The van der Waals surface area contributed by atoms with Crippen LogP contribution in [0, 0.1) is 25.7 Å². The van der Waals surface area contributed by atoms with Crippen molar-refractivity contribution in [3.63, 3.8) is 0 Å². The summed E-state index contributed by atoms with van der Waals surface area (Å²) in [4.78, 5) is 4.29. The molecule has 0 aliphatic carbocycles. The SMILES string of the molecule is Cc1nc(CNCC#Cc2ccccc2)oc1C. The Hall–Kier alpha value is -2.05. The first-order chi connectivity index (χ1) is 8.75. The van der Waals surface area contributed by atoms with Crippen molar-refractivity contribution in [2.45, 2.75) is 20.4 Å². The van der Waals surface area contributed by atoms with Gasteiger partial charge >= 0.3 is 0 Å². The molecule has 0 saturated heterocycles. The number of benzene rings is 1. The number of oxazole rings is 1. The molecular formula is C15H16N2O. The predicted molar refractivity (Wildman–Crippen MR) is 71.0 cm³/mol. The Labute approximate surface area is 107 Å². The van der Waals surface area contributed by atoms with Crippen LogP contribution >= 0.6 is 0 Å². The van der Waals surface area contributed by atoms with Crippen LogP contribution in [0.2, 0.25) is 0 Å². The van der Waals surface area contributed by atoms with E-state index in [2.05, 4.69) is 22.1 Å². The zero-order chi connectivity index (χ0) is 12.8. The maximum atomic E-state index is 5.46. The van der Waals surface area contributed by atoms with Crippen molar-refractivity contribution in [1.29, 1.82) is 0 Å². The van der Waals surface area contributed by atoms with Gasteiger partial charge in [0.1, 0.15) is 5.76 Å². The number of aryl methyl sites for hydroxylation is 2. The van der Waals surface area contributed by atoms with Gasteiger partial charge in [-0.3, -0.25) is 5.32 Å². The minimum Gasteiger partial charge on any atom is -0.444 e. The van der Waals surface area contributed by atoms with Gasteiger partial charge in [-0.05, 0) is 26.0 Å². The topological polar surface area (TPSA) is 38.1 Å². The van der Waals surface area contributed by atoms with Gasteiger partial charge in [-0.1, -0.05) is 30.0 Å². The number of hydrogen-bond donors (Lipinski definition) is 1. The van der Waals surface area contributed by atoms with Crippen LogP contribution < -0.4 is 5.32 Å². The maximum Gasteiger partial charge on any atom is 0.208 e. The molecular weight excluding hydrogens is 224 g/mol. The van der Waals surface area contributed by atoms with Gasteiger partial charge in [0.15, 0.2) is 0 Å². The fourth-order valence-electron chi connectivity index (χ4n) is 1.51. The van der Waals surface area contributed by atoms with E-state index in [1.807, 2.05) is 44.2 Å². The number of nitrogens with one attached hydrogen (secondary N) is 1. The zero-order valence-corrected chi connectivity index (χ0v) is 10.7. The molecule has 1 aromatic carbocycles. The Morgan fingerprint density at radius 3 is 2.67 bits per heavy atom. The maximum absolute atomic E-state index is 5.46. The molecule has 0 saturated carbocycles. The van der Waals surface area contributed by atoms with Crippen molar-refractivity contribution in [2.24, 2.45) is 0 Å². The summed E-state index contributed by atoms with van der Waals surface area (Å²) in [6.07, 6.45) is 0. The first-order valence-electron chi connectivity index (χ1n) is 5.93. The minimum atomic E-state index is 0.609. The van der Waals surface area contributed by atoms with E-state index in [0.29, 0.717) is 19.0 Å². The average molecular weight is 240 g/mol. The Balaban J connectivity index is 1.78. The molecule has 2 aromatic rings. The van der Waals surface area contributed by atoms with Gasteiger partial charge in [0.2, 0.25) is 5.89 Å². The lowest BCUT2D eigenvalue weighted by Crippen LogP contribution is -2.13. The molecule has 1 aromatic heterocycles. The summed E-state index contributed by atoms with van der Waals surface area (Å²) in [5, 5.41) is 3.18. The van der Waals surface area contributed by atoms with Gasteiger partial charge in [0, 0.05) is 5.56 Å². The molecule has 1 N–H and O–H groups in total. The molecule has 0 aliphatic rings. The van der Waals surface area contributed by atoms with Crippen molar-refractivity contribution < 1.29 is 4.42 Å². The van der Waals surface area contributed by atoms with E-state index in [0.717, 1.165) is 17.0 Å². The molecule has 0 aliphatic heterocycles. The molecule has 1 heterocycles. The molecule has 18 heavy (non-hydrogen) atoms. The van der Waals surface area contributed by atoms with Crippen molar-refractivity contribution in [1.82, 2.24) is 10.3 Å². The van der Waals surface area contributed by atoms with Crippen LogP contribution in [0.25, 0.3) is 0 Å². The van der Waals surface area contributed by atoms with Crippen LogP contribution in [-0.2, 0) is 6.54 Å². The zero-order valence-electron chi connectivity index (χ0n) is 10.7. The minimum absolute atomic E-state index is 0.609. The van der Waals surface area contributed by atoms with Crippen molar-refractivity contribution in [3.8, 4) is 11.8 Å². The quantitative estimate of drug-likeness (QED) is 0.661. The second-order valence-corrected chi connectivity index (χ2v) is 4.02. The highest BCUT2D eigenvalue weighted by Crippen LogP contribution is 2.07. The van der Waals surface area contributed by atoms with Gasteiger partial charge < -0.3 is 4.42 Å². The highest BCUT2D eigenvalue weighted by atomic mass is 16.4. The molecule has 3 nitrogen and oxygen atoms in total. The van der Waals surface area contributed by atoms with Crippen LogP contribution in [0.5, 0.6) is 0 Å². The van der Waals surface area contributed by atoms with Crippen LogP contribution in [0.3, 0.4) is 0 Å². The number of nitrogens with zero attached hydrogens (tertiary/aromatic N) is 1. The number of rotatable bonds is 3. The molecule has 2 rings (SSSR count). The molecule has 0 radical (unpaired) electrons. The molecule has 0 atom stereocenters. The van der Waals surface area contributed by atoms with Crippen LogP contribution in [0.4, 0.5) is 0 Å². The summed E-state index contributed by atoms with van der Waals surface area (Å²) in [6.45, 7) is 5.09. The fraction of sp³-hybridized carbons (Fsp3) is 0.267. The lowest BCUT2D eigenvalue weighted by molar-refractivity contribution is 0.455. The van der Waals surface area contributed by atoms with Crippen LogP contribution in [-0.4, -0.2) is 11.5 Å². The molecule has 0 unspecified atom stereocenters. The van der Waals surface area contributed by atoms with E-state index in [4.69, 9.17) is 4.42 Å². The standard InChI is InChI=1S/C15H16N2O/c1-12-13(2)18-15(17-12)11-16-10-6-9-14-7-4-3-5-8-14/h3-5,7-8,16H,10-11H2,1-2H3. The van der Waals surface area contributed by atoms with Gasteiger partial charge in [-0.15, -0.1) is 0 Å². The molecule has 0 amide bonds.